The Morgan fingerprint density at radius 1 is 1.33 bits per heavy atom. The molecule has 1 N–H and O–H groups in total. The molecule has 0 spiro atoms. The number of nitriles is 1. The molecule has 116 valence electrons. The largest absolute Gasteiger partial charge is 0.492 e. The first-order chi connectivity index (χ1) is 9.98. The van der Waals surface area contributed by atoms with Gasteiger partial charge in [-0.1, -0.05) is 13.0 Å². The van der Waals surface area contributed by atoms with Crippen LogP contribution in [-0.4, -0.2) is 13.2 Å². The lowest BCUT2D eigenvalue weighted by molar-refractivity contribution is 0.293. The smallest absolute Gasteiger partial charge is 0.133 e. The van der Waals surface area contributed by atoms with Crippen molar-refractivity contribution in [3.05, 3.63) is 28.2 Å². The monoisotopic (exact) mass is 352 g/mol. The average Bonchev–Trinajstić information content (AvgIpc) is 2.46. The molecule has 0 aromatic heterocycles. The van der Waals surface area contributed by atoms with Crippen molar-refractivity contribution < 1.29 is 4.74 Å². The summed E-state index contributed by atoms with van der Waals surface area (Å²) in [7, 11) is 0. The van der Waals surface area contributed by atoms with Gasteiger partial charge in [-0.3, -0.25) is 0 Å². The van der Waals surface area contributed by atoms with Crippen molar-refractivity contribution in [2.75, 3.05) is 13.2 Å². The molecule has 4 heteroatoms. The SMILES string of the molecule is CCNCc1ccc(OCCCCC(C)(C)C#N)c(Br)c1. The van der Waals surface area contributed by atoms with Crippen molar-refractivity contribution in [3.63, 3.8) is 0 Å². The maximum Gasteiger partial charge on any atom is 0.133 e. The highest BCUT2D eigenvalue weighted by Crippen LogP contribution is 2.27. The molecular weight excluding hydrogens is 328 g/mol. The highest BCUT2D eigenvalue weighted by atomic mass is 79.9. The van der Waals surface area contributed by atoms with Crippen LogP contribution in [0.4, 0.5) is 0 Å². The summed E-state index contributed by atoms with van der Waals surface area (Å²) in [5, 5.41) is 12.3. The summed E-state index contributed by atoms with van der Waals surface area (Å²) in [6.45, 7) is 8.58. The normalized spacial score (nSPS) is 11.2. The Kier molecular flexibility index (Phi) is 7.77. The van der Waals surface area contributed by atoms with Crippen LogP contribution in [0, 0.1) is 16.7 Å². The third-order valence-electron chi connectivity index (χ3n) is 3.33. The van der Waals surface area contributed by atoms with Crippen LogP contribution in [0.1, 0.15) is 45.6 Å². The molecule has 3 nitrogen and oxygen atoms in total. The summed E-state index contributed by atoms with van der Waals surface area (Å²) in [5.74, 6) is 0.884. The first-order valence-corrected chi connectivity index (χ1v) is 8.31. The van der Waals surface area contributed by atoms with Gasteiger partial charge in [0.25, 0.3) is 0 Å². The van der Waals surface area contributed by atoms with Crippen molar-refractivity contribution in [3.8, 4) is 11.8 Å². The van der Waals surface area contributed by atoms with Gasteiger partial charge in [-0.2, -0.15) is 5.26 Å². The number of ether oxygens (including phenoxy) is 1. The molecule has 0 bridgehead atoms. The standard InChI is InChI=1S/C17H25BrN2O/c1-4-20-12-14-7-8-16(15(18)11-14)21-10-6-5-9-17(2,3)13-19/h7-8,11,20H,4-6,9-10,12H2,1-3H3. The van der Waals surface area contributed by atoms with E-state index >= 15 is 0 Å². The van der Waals surface area contributed by atoms with Gasteiger partial charge < -0.3 is 10.1 Å². The lowest BCUT2D eigenvalue weighted by Crippen LogP contribution is -2.11. The topological polar surface area (TPSA) is 45.0 Å². The third kappa shape index (κ3) is 6.97. The number of nitrogens with zero attached hydrogens (tertiary/aromatic N) is 1. The van der Waals surface area contributed by atoms with Gasteiger partial charge in [-0.05, 0) is 73.3 Å². The van der Waals surface area contributed by atoms with Crippen molar-refractivity contribution in [2.24, 2.45) is 5.41 Å². The summed E-state index contributed by atoms with van der Waals surface area (Å²) in [4.78, 5) is 0. The predicted molar refractivity (Wildman–Crippen MR) is 90.3 cm³/mol. The summed E-state index contributed by atoms with van der Waals surface area (Å²) in [6.07, 6.45) is 2.89. The number of rotatable bonds is 9. The maximum absolute atomic E-state index is 8.96. The summed E-state index contributed by atoms with van der Waals surface area (Å²) >= 11 is 3.56. The average molecular weight is 353 g/mol. The molecule has 0 fully saturated rings. The maximum atomic E-state index is 8.96. The first-order valence-electron chi connectivity index (χ1n) is 7.51. The Morgan fingerprint density at radius 3 is 2.71 bits per heavy atom. The van der Waals surface area contributed by atoms with Crippen molar-refractivity contribution in [1.29, 1.82) is 5.26 Å². The molecule has 0 radical (unpaired) electrons. The Bertz CT molecular complexity index is 480. The number of nitrogens with one attached hydrogen (secondary N) is 1. The fraction of sp³-hybridized carbons (Fsp3) is 0.588. The van der Waals surface area contributed by atoms with Crippen molar-refractivity contribution in [1.82, 2.24) is 5.32 Å². The van der Waals surface area contributed by atoms with Gasteiger partial charge in [0.1, 0.15) is 5.75 Å². The second-order valence-corrected chi connectivity index (χ2v) is 6.70. The fourth-order valence-electron chi connectivity index (χ4n) is 1.95. The van der Waals surface area contributed by atoms with Crippen LogP contribution in [0.2, 0.25) is 0 Å². The summed E-state index contributed by atoms with van der Waals surface area (Å²) in [6, 6.07) is 8.52. The molecule has 1 aromatic rings. The highest BCUT2D eigenvalue weighted by molar-refractivity contribution is 9.10. The van der Waals surface area contributed by atoms with Crippen molar-refractivity contribution >= 4 is 15.9 Å². The van der Waals surface area contributed by atoms with Crippen molar-refractivity contribution in [2.45, 2.75) is 46.6 Å². The van der Waals surface area contributed by atoms with Crippen LogP contribution in [0.15, 0.2) is 22.7 Å². The molecular formula is C17H25BrN2O. The Hall–Kier alpha value is -1.05. The van der Waals surface area contributed by atoms with E-state index < -0.39 is 0 Å². The van der Waals surface area contributed by atoms with Crippen LogP contribution in [0.5, 0.6) is 5.75 Å². The number of hydrogen-bond donors (Lipinski definition) is 1. The lowest BCUT2D eigenvalue weighted by atomic mass is 9.89. The van der Waals surface area contributed by atoms with E-state index in [9.17, 15) is 0 Å². The minimum Gasteiger partial charge on any atom is -0.492 e. The molecule has 0 amide bonds. The van der Waals surface area contributed by atoms with E-state index in [-0.39, 0.29) is 5.41 Å². The number of benzene rings is 1. The number of unbranched alkanes of at least 4 members (excludes halogenated alkanes) is 1. The third-order valence-corrected chi connectivity index (χ3v) is 3.95. The molecule has 1 aromatic carbocycles. The van der Waals surface area contributed by atoms with Gasteiger partial charge in [-0.25, -0.2) is 0 Å². The molecule has 0 atom stereocenters. The van der Waals surface area contributed by atoms with Gasteiger partial charge >= 0.3 is 0 Å². The highest BCUT2D eigenvalue weighted by Gasteiger charge is 2.15. The van der Waals surface area contributed by atoms with E-state index in [0.29, 0.717) is 6.61 Å². The second kappa shape index (κ2) is 9.07. The van der Waals surface area contributed by atoms with Gasteiger partial charge in [0.2, 0.25) is 0 Å². The fourth-order valence-corrected chi connectivity index (χ4v) is 2.49. The molecule has 0 aliphatic rings. The summed E-state index contributed by atoms with van der Waals surface area (Å²) in [5.41, 5.74) is 1.01. The van der Waals surface area contributed by atoms with E-state index in [1.807, 2.05) is 19.9 Å². The van der Waals surface area contributed by atoms with Gasteiger partial charge in [0.15, 0.2) is 0 Å². The van der Waals surface area contributed by atoms with Crippen LogP contribution in [0.25, 0.3) is 0 Å². The molecule has 0 aliphatic carbocycles. The molecule has 1 rings (SSSR count). The zero-order valence-electron chi connectivity index (χ0n) is 13.2. The molecule has 0 unspecified atom stereocenters. The number of halogens is 1. The first kappa shape index (κ1) is 18.0. The number of hydrogen-bond acceptors (Lipinski definition) is 3. The zero-order chi connectivity index (χ0) is 15.7. The zero-order valence-corrected chi connectivity index (χ0v) is 14.8. The van der Waals surface area contributed by atoms with E-state index in [0.717, 1.165) is 42.6 Å². The molecule has 0 heterocycles. The van der Waals surface area contributed by atoms with Crippen LogP contribution >= 0.6 is 15.9 Å². The van der Waals surface area contributed by atoms with Gasteiger partial charge in [-0.15, -0.1) is 0 Å². The van der Waals surface area contributed by atoms with Gasteiger partial charge in [0.05, 0.1) is 22.6 Å². The molecule has 0 aliphatic heterocycles. The molecule has 21 heavy (non-hydrogen) atoms. The Balaban J connectivity index is 2.34. The molecule has 0 saturated carbocycles. The van der Waals surface area contributed by atoms with Crippen LogP contribution < -0.4 is 10.1 Å². The Morgan fingerprint density at radius 2 is 2.10 bits per heavy atom. The summed E-state index contributed by atoms with van der Waals surface area (Å²) < 4.78 is 6.79. The van der Waals surface area contributed by atoms with Crippen LogP contribution in [0.3, 0.4) is 0 Å². The van der Waals surface area contributed by atoms with E-state index in [1.165, 1.54) is 5.56 Å². The quantitative estimate of drug-likeness (QED) is 0.657. The minimum absolute atomic E-state index is 0.228. The minimum atomic E-state index is -0.228. The second-order valence-electron chi connectivity index (χ2n) is 5.85. The van der Waals surface area contributed by atoms with Crippen LogP contribution in [-0.2, 0) is 6.54 Å². The Labute approximate surface area is 136 Å². The van der Waals surface area contributed by atoms with E-state index in [4.69, 9.17) is 10.00 Å². The van der Waals surface area contributed by atoms with Gasteiger partial charge in [0, 0.05) is 6.54 Å². The van der Waals surface area contributed by atoms with E-state index in [2.05, 4.69) is 46.4 Å². The predicted octanol–water partition coefficient (Wildman–Crippen LogP) is 4.66. The van der Waals surface area contributed by atoms with E-state index in [1.54, 1.807) is 0 Å². The lowest BCUT2D eigenvalue weighted by Gasteiger charge is -2.15. The molecule has 0 saturated heterocycles.